The van der Waals surface area contributed by atoms with Crippen molar-refractivity contribution < 1.29 is 22.0 Å². The fourth-order valence-corrected chi connectivity index (χ4v) is 2.50. The molecule has 1 aromatic carbocycles. The number of hydrogen-bond donors (Lipinski definition) is 0. The Hall–Kier alpha value is -0.490. The van der Waals surface area contributed by atoms with E-state index in [1.807, 2.05) is 0 Å². The molecule has 0 atom stereocenters. The minimum absolute atomic E-state index is 0.414. The summed E-state index contributed by atoms with van der Waals surface area (Å²) in [6.07, 6.45) is 0. The maximum atomic E-state index is 13.1. The van der Waals surface area contributed by atoms with Crippen LogP contribution in [0.15, 0.2) is 17.0 Å². The molecule has 2 rings (SSSR count). The molecule has 7 heteroatoms. The van der Waals surface area contributed by atoms with E-state index in [-0.39, 0.29) is 0 Å². The van der Waals surface area contributed by atoms with E-state index in [2.05, 4.69) is 0 Å². The average Bonchev–Trinajstić information content (AvgIpc) is 2.29. The number of hydrogen-bond acceptors (Lipinski definition) is 1. The number of fused-ring (bicyclic) bond motifs is 1. The van der Waals surface area contributed by atoms with Crippen LogP contribution in [0, 0.1) is 5.82 Å². The van der Waals surface area contributed by atoms with Gasteiger partial charge >= 0.3 is 11.2 Å². The quantitative estimate of drug-likeness (QED) is 0.628. The Morgan fingerprint density at radius 3 is 2.33 bits per heavy atom. The van der Waals surface area contributed by atoms with Crippen LogP contribution in [0.3, 0.4) is 0 Å². The molecule has 0 saturated carbocycles. The second kappa shape index (κ2) is 3.01. The number of halogens is 6. The summed E-state index contributed by atoms with van der Waals surface area (Å²) < 4.78 is 64.7. The van der Waals surface area contributed by atoms with E-state index < -0.39 is 44.2 Å². The van der Waals surface area contributed by atoms with Gasteiger partial charge in [-0.2, -0.15) is 17.6 Å². The molecule has 0 unspecified atom stereocenters. The Balaban J connectivity index is 2.69. The van der Waals surface area contributed by atoms with Gasteiger partial charge < -0.3 is 0 Å². The molecule has 15 heavy (non-hydrogen) atoms. The summed E-state index contributed by atoms with van der Waals surface area (Å²) in [5, 5.41) is -4.97. The van der Waals surface area contributed by atoms with Gasteiger partial charge in [-0.25, -0.2) is 4.39 Å². The van der Waals surface area contributed by atoms with Gasteiger partial charge in [0, 0.05) is 10.5 Å². The highest BCUT2D eigenvalue weighted by Gasteiger charge is 2.64. The first-order chi connectivity index (χ1) is 6.77. The molecular weight excluding hydrogens is 259 g/mol. The van der Waals surface area contributed by atoms with Crippen LogP contribution in [0.1, 0.15) is 5.56 Å². The van der Waals surface area contributed by atoms with Gasteiger partial charge in [0.05, 0.1) is 5.02 Å². The first kappa shape index (κ1) is 11.0. The lowest BCUT2D eigenvalue weighted by Gasteiger charge is -2.17. The molecule has 0 aromatic heterocycles. The van der Waals surface area contributed by atoms with Crippen LogP contribution in [0.25, 0.3) is 0 Å². The first-order valence-corrected chi connectivity index (χ1v) is 4.90. The molecule has 82 valence electrons. The second-order valence-electron chi connectivity index (χ2n) is 2.93. The standard InChI is InChI=1S/C8H2ClF5S/c9-5-4(10)2-1-3-6(5)15-8(13,14)7(3,11)12/h1-2H. The molecular formula is C8H2ClF5S. The number of benzene rings is 1. The Morgan fingerprint density at radius 1 is 1.13 bits per heavy atom. The maximum Gasteiger partial charge on any atom is 0.364 e. The van der Waals surface area contributed by atoms with Crippen LogP contribution < -0.4 is 0 Å². The molecule has 1 aliphatic rings. The minimum Gasteiger partial charge on any atom is -0.205 e. The van der Waals surface area contributed by atoms with E-state index in [4.69, 9.17) is 11.6 Å². The highest BCUT2D eigenvalue weighted by Crippen LogP contribution is 2.62. The van der Waals surface area contributed by atoms with E-state index >= 15 is 0 Å². The summed E-state index contributed by atoms with van der Waals surface area (Å²) in [6.45, 7) is 0. The van der Waals surface area contributed by atoms with Gasteiger partial charge in [-0.1, -0.05) is 11.6 Å². The molecule has 0 radical (unpaired) electrons. The molecule has 0 aliphatic carbocycles. The van der Waals surface area contributed by atoms with E-state index in [0.29, 0.717) is 12.1 Å². The summed E-state index contributed by atoms with van der Waals surface area (Å²) in [4.78, 5) is -0.591. The van der Waals surface area contributed by atoms with Gasteiger partial charge in [-0.15, -0.1) is 0 Å². The lowest BCUT2D eigenvalue weighted by Crippen LogP contribution is -2.29. The van der Waals surface area contributed by atoms with Crippen molar-refractivity contribution in [3.8, 4) is 0 Å². The molecule has 0 saturated heterocycles. The molecule has 0 amide bonds. The Labute approximate surface area is 90.4 Å². The fraction of sp³-hybridized carbons (Fsp3) is 0.250. The van der Waals surface area contributed by atoms with Gasteiger partial charge in [-0.3, -0.25) is 0 Å². The predicted octanol–water partition coefficient (Wildman–Crippen LogP) is 4.27. The molecule has 1 heterocycles. The Morgan fingerprint density at radius 2 is 1.73 bits per heavy atom. The highest BCUT2D eigenvalue weighted by atomic mass is 35.5. The average molecular weight is 261 g/mol. The summed E-state index contributed by atoms with van der Waals surface area (Å²) in [5.41, 5.74) is -0.927. The summed E-state index contributed by atoms with van der Waals surface area (Å²) in [5.74, 6) is -5.30. The van der Waals surface area contributed by atoms with E-state index in [1.165, 1.54) is 0 Å². The van der Waals surface area contributed by atoms with Crippen molar-refractivity contribution in [2.24, 2.45) is 0 Å². The third-order valence-corrected chi connectivity index (χ3v) is 3.61. The van der Waals surface area contributed by atoms with Crippen molar-refractivity contribution in [1.82, 2.24) is 0 Å². The van der Waals surface area contributed by atoms with E-state index in [0.717, 1.165) is 0 Å². The summed E-state index contributed by atoms with van der Waals surface area (Å²) in [7, 11) is 0. The summed E-state index contributed by atoms with van der Waals surface area (Å²) in [6, 6.07) is 1.28. The second-order valence-corrected chi connectivity index (χ2v) is 4.43. The van der Waals surface area contributed by atoms with Crippen LogP contribution in [0.5, 0.6) is 0 Å². The first-order valence-electron chi connectivity index (χ1n) is 3.70. The van der Waals surface area contributed by atoms with Crippen LogP contribution in [-0.4, -0.2) is 5.25 Å². The topological polar surface area (TPSA) is 0 Å². The van der Waals surface area contributed by atoms with Crippen molar-refractivity contribution in [1.29, 1.82) is 0 Å². The molecule has 0 bridgehead atoms. The zero-order valence-electron chi connectivity index (χ0n) is 6.83. The molecule has 0 nitrogen and oxygen atoms in total. The Kier molecular flexibility index (Phi) is 2.21. The molecule has 0 spiro atoms. The monoisotopic (exact) mass is 260 g/mol. The van der Waals surface area contributed by atoms with Crippen molar-refractivity contribution in [3.05, 3.63) is 28.5 Å². The van der Waals surface area contributed by atoms with E-state index in [9.17, 15) is 22.0 Å². The van der Waals surface area contributed by atoms with Crippen molar-refractivity contribution in [2.75, 3.05) is 0 Å². The van der Waals surface area contributed by atoms with Crippen molar-refractivity contribution >= 4 is 23.4 Å². The van der Waals surface area contributed by atoms with Crippen molar-refractivity contribution in [2.45, 2.75) is 16.1 Å². The lowest BCUT2D eigenvalue weighted by molar-refractivity contribution is -0.154. The van der Waals surface area contributed by atoms with Gasteiger partial charge in [0.25, 0.3) is 0 Å². The van der Waals surface area contributed by atoms with Crippen LogP contribution in [0.2, 0.25) is 5.02 Å². The van der Waals surface area contributed by atoms with Gasteiger partial charge in [0.1, 0.15) is 5.82 Å². The van der Waals surface area contributed by atoms with Gasteiger partial charge in [0.2, 0.25) is 0 Å². The highest BCUT2D eigenvalue weighted by molar-refractivity contribution is 8.00. The molecule has 1 aliphatic heterocycles. The van der Waals surface area contributed by atoms with Crippen LogP contribution >= 0.6 is 23.4 Å². The maximum absolute atomic E-state index is 13.1. The fourth-order valence-electron chi connectivity index (χ4n) is 1.23. The Bertz CT molecular complexity index is 431. The molecule has 1 aromatic rings. The zero-order valence-corrected chi connectivity index (χ0v) is 8.40. The number of rotatable bonds is 0. The third kappa shape index (κ3) is 1.34. The third-order valence-electron chi connectivity index (χ3n) is 1.98. The molecule has 0 N–H and O–H groups in total. The SMILES string of the molecule is Fc1ccc2c(c1Cl)SC(F)(F)C2(F)F. The van der Waals surface area contributed by atoms with Gasteiger partial charge in [-0.05, 0) is 23.9 Å². The van der Waals surface area contributed by atoms with E-state index in [1.54, 1.807) is 0 Å². The van der Waals surface area contributed by atoms with Crippen molar-refractivity contribution in [3.63, 3.8) is 0 Å². The summed E-state index contributed by atoms with van der Waals surface area (Å²) >= 11 is 4.92. The largest absolute Gasteiger partial charge is 0.364 e. The smallest absolute Gasteiger partial charge is 0.205 e. The number of alkyl halides is 4. The predicted molar refractivity (Wildman–Crippen MR) is 46.1 cm³/mol. The number of thioether (sulfide) groups is 1. The van der Waals surface area contributed by atoms with Gasteiger partial charge in [0.15, 0.2) is 0 Å². The minimum atomic E-state index is -4.32. The van der Waals surface area contributed by atoms with Crippen LogP contribution in [-0.2, 0) is 5.92 Å². The molecule has 0 fully saturated rings. The normalized spacial score (nSPS) is 21.5. The zero-order chi connectivity index (χ0) is 11.4. The lowest BCUT2D eigenvalue weighted by atomic mass is 10.1. The van der Waals surface area contributed by atoms with Crippen LogP contribution in [0.4, 0.5) is 22.0 Å².